The summed E-state index contributed by atoms with van der Waals surface area (Å²) >= 11 is 1.59. The molecule has 1 rings (SSSR count). The summed E-state index contributed by atoms with van der Waals surface area (Å²) in [5, 5.41) is 6.08. The molecule has 0 fully saturated rings. The van der Waals surface area contributed by atoms with Crippen molar-refractivity contribution in [3.05, 3.63) is 11.1 Å². The van der Waals surface area contributed by atoms with E-state index in [-0.39, 0.29) is 6.04 Å². The van der Waals surface area contributed by atoms with Crippen molar-refractivity contribution < 1.29 is 0 Å². The van der Waals surface area contributed by atoms with Gasteiger partial charge in [0.25, 0.3) is 0 Å². The first-order valence-corrected chi connectivity index (χ1v) is 5.31. The number of thiazole rings is 1. The van der Waals surface area contributed by atoms with Crippen LogP contribution < -0.4 is 5.32 Å². The average Bonchev–Trinajstić information content (AvgIpc) is 2.51. The first-order valence-electron chi connectivity index (χ1n) is 4.43. The highest BCUT2D eigenvalue weighted by atomic mass is 32.1. The summed E-state index contributed by atoms with van der Waals surface area (Å²) in [6, 6.07) is 0.0355. The Morgan fingerprint density at radius 2 is 2.43 bits per heavy atom. The third-order valence-corrected chi connectivity index (χ3v) is 2.44. The Morgan fingerprint density at radius 3 is 3.00 bits per heavy atom. The molecule has 0 amide bonds. The van der Waals surface area contributed by atoms with Crippen molar-refractivity contribution in [2.45, 2.75) is 19.5 Å². The average molecular weight is 209 g/mol. The monoisotopic (exact) mass is 209 g/mol. The topological polar surface area (TPSA) is 28.2 Å². The number of nitrogens with zero attached hydrogens (tertiary/aromatic N) is 2. The van der Waals surface area contributed by atoms with Gasteiger partial charge in [-0.05, 0) is 21.0 Å². The molecule has 0 aliphatic rings. The summed E-state index contributed by atoms with van der Waals surface area (Å²) in [6.07, 6.45) is 5.26. The van der Waals surface area contributed by atoms with Crippen LogP contribution in [0.3, 0.4) is 0 Å². The van der Waals surface area contributed by atoms with Gasteiger partial charge < -0.3 is 10.2 Å². The summed E-state index contributed by atoms with van der Waals surface area (Å²) in [4.78, 5) is 6.50. The van der Waals surface area contributed by atoms with E-state index in [1.165, 1.54) is 0 Å². The normalized spacial score (nSPS) is 12.5. The second-order valence-electron chi connectivity index (χ2n) is 3.41. The number of rotatable bonds is 4. The zero-order chi connectivity index (χ0) is 10.6. The van der Waals surface area contributed by atoms with Crippen molar-refractivity contribution in [1.29, 1.82) is 0 Å². The minimum absolute atomic E-state index is 0.0355. The van der Waals surface area contributed by atoms with Gasteiger partial charge in [-0.2, -0.15) is 0 Å². The van der Waals surface area contributed by atoms with Crippen LogP contribution in [0.2, 0.25) is 0 Å². The third-order valence-electron chi connectivity index (χ3n) is 1.62. The fourth-order valence-corrected chi connectivity index (χ4v) is 1.79. The van der Waals surface area contributed by atoms with E-state index in [0.717, 1.165) is 17.4 Å². The molecule has 14 heavy (non-hydrogen) atoms. The Labute approximate surface area is 89.2 Å². The molecule has 0 saturated heterocycles. The predicted octanol–water partition coefficient (Wildman–Crippen LogP) is 1.64. The van der Waals surface area contributed by atoms with E-state index in [1.54, 1.807) is 11.3 Å². The van der Waals surface area contributed by atoms with Crippen molar-refractivity contribution in [3.8, 4) is 12.3 Å². The van der Waals surface area contributed by atoms with Gasteiger partial charge in [0, 0.05) is 11.9 Å². The maximum absolute atomic E-state index is 5.26. The predicted molar refractivity (Wildman–Crippen MR) is 61.4 cm³/mol. The van der Waals surface area contributed by atoms with Crippen molar-refractivity contribution in [3.63, 3.8) is 0 Å². The van der Waals surface area contributed by atoms with Gasteiger partial charge in [0.05, 0.1) is 11.7 Å². The molecule has 1 aromatic heterocycles. The zero-order valence-electron chi connectivity index (χ0n) is 8.74. The van der Waals surface area contributed by atoms with Gasteiger partial charge in [0.1, 0.15) is 0 Å². The number of hydrogen-bond donors (Lipinski definition) is 1. The van der Waals surface area contributed by atoms with E-state index in [2.05, 4.69) is 21.1 Å². The van der Waals surface area contributed by atoms with Crippen LogP contribution in [0.25, 0.3) is 0 Å². The quantitative estimate of drug-likeness (QED) is 0.764. The maximum Gasteiger partial charge on any atom is 0.183 e. The molecule has 0 radical (unpaired) electrons. The van der Waals surface area contributed by atoms with Gasteiger partial charge in [0.2, 0.25) is 0 Å². The number of anilines is 1. The second-order valence-corrected chi connectivity index (χ2v) is 4.27. The van der Waals surface area contributed by atoms with E-state index in [9.17, 15) is 0 Å². The summed E-state index contributed by atoms with van der Waals surface area (Å²) in [5.74, 6) is 2.61. The molecule has 4 heteroatoms. The smallest absolute Gasteiger partial charge is 0.183 e. The molecular weight excluding hydrogens is 194 g/mol. The van der Waals surface area contributed by atoms with E-state index >= 15 is 0 Å². The lowest BCUT2D eigenvalue weighted by atomic mass is 10.4. The van der Waals surface area contributed by atoms with E-state index in [4.69, 9.17) is 6.42 Å². The molecule has 76 valence electrons. The molecule has 0 aromatic carbocycles. The highest BCUT2D eigenvalue weighted by molar-refractivity contribution is 7.13. The molecule has 0 aliphatic carbocycles. The summed E-state index contributed by atoms with van der Waals surface area (Å²) in [6.45, 7) is 2.80. The molecule has 0 aliphatic heterocycles. The third kappa shape index (κ3) is 3.36. The van der Waals surface area contributed by atoms with Crippen molar-refractivity contribution in [2.75, 3.05) is 19.4 Å². The highest BCUT2D eigenvalue weighted by Gasteiger charge is 2.04. The fraction of sp³-hybridized carbons (Fsp3) is 0.500. The molecule has 0 spiro atoms. The molecule has 0 saturated carbocycles. The van der Waals surface area contributed by atoms with E-state index in [0.29, 0.717) is 0 Å². The summed E-state index contributed by atoms with van der Waals surface area (Å²) in [7, 11) is 4.05. The van der Waals surface area contributed by atoms with Crippen LogP contribution >= 0.6 is 11.3 Å². The highest BCUT2D eigenvalue weighted by Crippen LogP contribution is 2.16. The van der Waals surface area contributed by atoms with Crippen LogP contribution in [0.5, 0.6) is 0 Å². The minimum atomic E-state index is 0.0355. The van der Waals surface area contributed by atoms with Crippen LogP contribution in [0.4, 0.5) is 5.13 Å². The molecule has 1 heterocycles. The van der Waals surface area contributed by atoms with Crippen LogP contribution in [0.1, 0.15) is 12.6 Å². The number of hydrogen-bond acceptors (Lipinski definition) is 4. The van der Waals surface area contributed by atoms with Crippen LogP contribution in [-0.4, -0.2) is 30.0 Å². The number of aromatic nitrogens is 1. The van der Waals surface area contributed by atoms with Gasteiger partial charge in [-0.1, -0.05) is 5.92 Å². The lowest BCUT2D eigenvalue weighted by Crippen LogP contribution is -2.13. The Hall–Kier alpha value is -1.05. The van der Waals surface area contributed by atoms with E-state index in [1.807, 2.05) is 26.4 Å². The van der Waals surface area contributed by atoms with Crippen molar-refractivity contribution in [2.24, 2.45) is 0 Å². The maximum atomic E-state index is 5.26. The Balaban J connectivity index is 2.56. The Morgan fingerprint density at radius 1 is 1.71 bits per heavy atom. The lowest BCUT2D eigenvalue weighted by Gasteiger charge is -2.06. The van der Waals surface area contributed by atoms with Gasteiger partial charge in [-0.15, -0.1) is 17.8 Å². The SMILES string of the molecule is C#CC(C)Nc1nc(CN(C)C)cs1. The summed E-state index contributed by atoms with van der Waals surface area (Å²) < 4.78 is 0. The number of terminal acetylenes is 1. The molecule has 3 nitrogen and oxygen atoms in total. The molecule has 0 bridgehead atoms. The standard InChI is InChI=1S/C10H15N3S/c1-5-8(2)11-10-12-9(7-14-10)6-13(3)4/h1,7-8H,6H2,2-4H3,(H,11,12). The van der Waals surface area contributed by atoms with Crippen LogP contribution in [0.15, 0.2) is 5.38 Å². The number of nitrogens with one attached hydrogen (secondary N) is 1. The van der Waals surface area contributed by atoms with Gasteiger partial charge in [-0.3, -0.25) is 0 Å². The van der Waals surface area contributed by atoms with Crippen LogP contribution in [0, 0.1) is 12.3 Å². The zero-order valence-corrected chi connectivity index (χ0v) is 9.56. The van der Waals surface area contributed by atoms with Gasteiger partial charge in [-0.25, -0.2) is 4.98 Å². The second kappa shape index (κ2) is 4.99. The first-order chi connectivity index (χ1) is 6.61. The molecule has 1 aromatic rings. The van der Waals surface area contributed by atoms with E-state index < -0.39 is 0 Å². The molecular formula is C10H15N3S. The Bertz CT molecular complexity index is 324. The fourth-order valence-electron chi connectivity index (χ4n) is 0.997. The van der Waals surface area contributed by atoms with Crippen molar-refractivity contribution >= 4 is 16.5 Å². The Kier molecular flexibility index (Phi) is 3.93. The first kappa shape index (κ1) is 11.0. The lowest BCUT2D eigenvalue weighted by molar-refractivity contribution is 0.398. The molecule has 1 unspecified atom stereocenters. The largest absolute Gasteiger partial charge is 0.348 e. The van der Waals surface area contributed by atoms with Crippen LogP contribution in [-0.2, 0) is 6.54 Å². The molecule has 1 N–H and O–H groups in total. The minimum Gasteiger partial charge on any atom is -0.348 e. The van der Waals surface area contributed by atoms with Gasteiger partial charge in [0.15, 0.2) is 5.13 Å². The molecule has 1 atom stereocenters. The van der Waals surface area contributed by atoms with Gasteiger partial charge >= 0.3 is 0 Å². The summed E-state index contributed by atoms with van der Waals surface area (Å²) in [5.41, 5.74) is 1.08. The van der Waals surface area contributed by atoms with Crippen molar-refractivity contribution in [1.82, 2.24) is 9.88 Å².